The molecule has 1 unspecified atom stereocenters. The van der Waals surface area contributed by atoms with Gasteiger partial charge in [0, 0.05) is 11.5 Å². The number of rotatable bonds is 5. The van der Waals surface area contributed by atoms with E-state index >= 15 is 0 Å². The molecule has 19 heavy (non-hydrogen) atoms. The zero-order valence-corrected chi connectivity index (χ0v) is 12.2. The maximum Gasteiger partial charge on any atom is 0.105 e. The van der Waals surface area contributed by atoms with Gasteiger partial charge in [0.05, 0.1) is 5.60 Å². The highest BCUT2D eigenvalue weighted by Gasteiger charge is 2.54. The lowest BCUT2D eigenvalue weighted by Gasteiger charge is -2.17. The normalized spacial score (nSPS) is 24.9. The van der Waals surface area contributed by atoms with Crippen molar-refractivity contribution in [1.82, 2.24) is 0 Å². The third-order valence-corrected chi connectivity index (χ3v) is 5.12. The van der Waals surface area contributed by atoms with Crippen LogP contribution in [0.5, 0.6) is 0 Å². The topological polar surface area (TPSA) is 12.5 Å². The minimum Gasteiger partial charge on any atom is -0.362 e. The van der Waals surface area contributed by atoms with Crippen LogP contribution in [0.3, 0.4) is 0 Å². The summed E-state index contributed by atoms with van der Waals surface area (Å²) in [4.78, 5) is 0. The van der Waals surface area contributed by atoms with Gasteiger partial charge >= 0.3 is 0 Å². The van der Waals surface area contributed by atoms with Crippen molar-refractivity contribution in [3.05, 3.63) is 48.0 Å². The molecule has 1 aromatic rings. The highest BCUT2D eigenvalue weighted by Crippen LogP contribution is 2.48. The average molecular weight is 274 g/mol. The quantitative estimate of drug-likeness (QED) is 0.443. The number of benzene rings is 1. The Hall–Kier alpha value is -0.730. The molecule has 2 aliphatic rings. The van der Waals surface area contributed by atoms with E-state index in [1.807, 2.05) is 11.8 Å². The molecule has 1 aliphatic heterocycles. The second-order valence-electron chi connectivity index (χ2n) is 5.59. The number of thioether (sulfide) groups is 1. The Balaban J connectivity index is 1.36. The first-order valence-corrected chi connectivity index (χ1v) is 8.51. The molecule has 3 rings (SSSR count). The van der Waals surface area contributed by atoms with Crippen molar-refractivity contribution in [2.24, 2.45) is 0 Å². The molecule has 1 spiro atoms. The molecule has 1 heterocycles. The smallest absolute Gasteiger partial charge is 0.105 e. The molecular weight excluding hydrogens is 252 g/mol. The van der Waals surface area contributed by atoms with Crippen molar-refractivity contribution in [3.8, 4) is 0 Å². The summed E-state index contributed by atoms with van der Waals surface area (Å²) >= 11 is 1.97. The summed E-state index contributed by atoms with van der Waals surface area (Å²) in [7, 11) is 0. The van der Waals surface area contributed by atoms with Gasteiger partial charge in [0.25, 0.3) is 0 Å². The predicted octanol–water partition coefficient (Wildman–Crippen LogP) is 4.58. The molecular formula is C17H22OS. The molecule has 0 bridgehead atoms. The van der Waals surface area contributed by atoms with Gasteiger partial charge in [-0.05, 0) is 18.4 Å². The van der Waals surface area contributed by atoms with Crippen molar-refractivity contribution in [2.75, 3.05) is 5.75 Å². The fourth-order valence-electron chi connectivity index (χ4n) is 2.98. The number of ether oxygens (including phenoxy) is 1. The third kappa shape index (κ3) is 3.43. The number of epoxide rings is 1. The molecule has 0 radical (unpaired) electrons. The fourth-order valence-corrected chi connectivity index (χ4v) is 3.78. The molecule has 1 saturated heterocycles. The molecule has 1 aliphatic carbocycles. The van der Waals surface area contributed by atoms with E-state index in [2.05, 4.69) is 42.5 Å². The molecule has 0 N–H and O–H groups in total. The first-order valence-electron chi connectivity index (χ1n) is 7.35. The number of hydrogen-bond donors (Lipinski definition) is 0. The molecule has 0 aromatic heterocycles. The standard InChI is InChI=1S/C17H22OS/c1-3-8-15(9-4-1)14-19-13-7-10-16-17(18-16)11-5-2-6-12-17/h1,3-4,7-10,16H,2,5-6,11-14H2/b10-7+. The Morgan fingerprint density at radius 3 is 2.74 bits per heavy atom. The van der Waals surface area contributed by atoms with Gasteiger partial charge in [-0.25, -0.2) is 0 Å². The monoisotopic (exact) mass is 274 g/mol. The molecule has 1 aromatic carbocycles. The zero-order valence-electron chi connectivity index (χ0n) is 11.4. The van der Waals surface area contributed by atoms with E-state index in [0.29, 0.717) is 6.10 Å². The highest BCUT2D eigenvalue weighted by molar-refractivity contribution is 7.98. The third-order valence-electron chi connectivity index (χ3n) is 4.16. The maximum atomic E-state index is 5.91. The van der Waals surface area contributed by atoms with E-state index in [4.69, 9.17) is 4.74 Å². The van der Waals surface area contributed by atoms with E-state index in [1.54, 1.807) is 0 Å². The van der Waals surface area contributed by atoms with Crippen LogP contribution in [0.2, 0.25) is 0 Å². The van der Waals surface area contributed by atoms with Gasteiger partial charge in [-0.15, -0.1) is 0 Å². The Bertz CT molecular complexity index is 420. The fraction of sp³-hybridized carbons (Fsp3) is 0.529. The average Bonchev–Trinajstić information content (AvgIpc) is 3.12. The van der Waals surface area contributed by atoms with E-state index < -0.39 is 0 Å². The highest BCUT2D eigenvalue weighted by atomic mass is 32.2. The second kappa shape index (κ2) is 6.15. The molecule has 102 valence electrons. The Morgan fingerprint density at radius 1 is 1.16 bits per heavy atom. The summed E-state index contributed by atoms with van der Waals surface area (Å²) in [6, 6.07) is 10.7. The molecule has 1 nitrogen and oxygen atoms in total. The van der Waals surface area contributed by atoms with E-state index in [9.17, 15) is 0 Å². The van der Waals surface area contributed by atoms with Crippen LogP contribution in [0, 0.1) is 0 Å². The minimum atomic E-state index is 0.263. The molecule has 2 heteroatoms. The van der Waals surface area contributed by atoms with Crippen LogP contribution in [0.1, 0.15) is 37.7 Å². The second-order valence-corrected chi connectivity index (χ2v) is 6.62. The predicted molar refractivity (Wildman–Crippen MR) is 82.4 cm³/mol. The summed E-state index contributed by atoms with van der Waals surface area (Å²) in [6.07, 6.45) is 11.7. The van der Waals surface area contributed by atoms with Gasteiger partial charge in [0.2, 0.25) is 0 Å². The van der Waals surface area contributed by atoms with Crippen LogP contribution >= 0.6 is 11.8 Å². The van der Waals surface area contributed by atoms with Crippen molar-refractivity contribution >= 4 is 11.8 Å². The minimum absolute atomic E-state index is 0.263. The largest absolute Gasteiger partial charge is 0.362 e. The van der Waals surface area contributed by atoms with Gasteiger partial charge in [0.15, 0.2) is 0 Å². The van der Waals surface area contributed by atoms with E-state index in [-0.39, 0.29) is 5.60 Å². The Labute approximate surface area is 120 Å². The first-order chi connectivity index (χ1) is 9.39. The van der Waals surface area contributed by atoms with Crippen molar-refractivity contribution in [3.63, 3.8) is 0 Å². The van der Waals surface area contributed by atoms with Gasteiger partial charge in [0.1, 0.15) is 6.10 Å². The van der Waals surface area contributed by atoms with E-state index in [1.165, 1.54) is 37.7 Å². The Morgan fingerprint density at radius 2 is 1.95 bits per heavy atom. The maximum absolute atomic E-state index is 5.91. The van der Waals surface area contributed by atoms with Gasteiger partial charge in [-0.3, -0.25) is 0 Å². The molecule has 2 fully saturated rings. The summed E-state index contributed by atoms with van der Waals surface area (Å²) in [5, 5.41) is 0. The van der Waals surface area contributed by atoms with Crippen LogP contribution in [0.15, 0.2) is 42.5 Å². The molecule has 0 amide bonds. The SMILES string of the molecule is C(=C\C1OC12CCCCC2)/CSCc1ccccc1. The Kier molecular flexibility index (Phi) is 4.29. The summed E-state index contributed by atoms with van der Waals surface area (Å²) in [6.45, 7) is 0. The van der Waals surface area contributed by atoms with Crippen molar-refractivity contribution < 1.29 is 4.74 Å². The van der Waals surface area contributed by atoms with Crippen LogP contribution in [0.4, 0.5) is 0 Å². The van der Waals surface area contributed by atoms with Gasteiger partial charge < -0.3 is 4.74 Å². The molecule has 1 atom stereocenters. The van der Waals surface area contributed by atoms with Crippen LogP contribution in [0.25, 0.3) is 0 Å². The van der Waals surface area contributed by atoms with Crippen molar-refractivity contribution in [1.29, 1.82) is 0 Å². The zero-order chi connectivity index (χ0) is 13.0. The van der Waals surface area contributed by atoms with Crippen LogP contribution in [-0.4, -0.2) is 17.5 Å². The summed E-state index contributed by atoms with van der Waals surface area (Å²) in [5.74, 6) is 2.19. The van der Waals surface area contributed by atoms with Crippen LogP contribution in [-0.2, 0) is 10.5 Å². The first kappa shape index (κ1) is 13.3. The lowest BCUT2D eigenvalue weighted by molar-refractivity contribution is 0.235. The van der Waals surface area contributed by atoms with E-state index in [0.717, 1.165) is 11.5 Å². The summed E-state index contributed by atoms with van der Waals surface area (Å²) < 4.78 is 5.91. The summed E-state index contributed by atoms with van der Waals surface area (Å²) in [5.41, 5.74) is 1.67. The van der Waals surface area contributed by atoms with Crippen molar-refractivity contribution in [2.45, 2.75) is 49.6 Å². The lowest BCUT2D eigenvalue weighted by atomic mass is 9.86. The molecule has 1 saturated carbocycles. The lowest BCUT2D eigenvalue weighted by Crippen LogP contribution is -2.18. The van der Waals surface area contributed by atoms with Crippen LogP contribution < -0.4 is 0 Å². The van der Waals surface area contributed by atoms with Gasteiger partial charge in [-0.2, -0.15) is 11.8 Å². The number of hydrogen-bond acceptors (Lipinski definition) is 2. The van der Waals surface area contributed by atoms with Gasteiger partial charge in [-0.1, -0.05) is 61.7 Å².